The molecule has 2 rings (SSSR count). The third-order valence-electron chi connectivity index (χ3n) is 3.75. The summed E-state index contributed by atoms with van der Waals surface area (Å²) in [5, 5.41) is 6.07. The fourth-order valence-corrected chi connectivity index (χ4v) is 2.71. The Bertz CT molecular complexity index is 277. The van der Waals surface area contributed by atoms with Crippen LogP contribution in [0, 0.1) is 5.41 Å². The van der Waals surface area contributed by atoms with Crippen LogP contribution in [0.15, 0.2) is 0 Å². The second-order valence-electron chi connectivity index (χ2n) is 5.45. The largest absolute Gasteiger partial charge is 0.366 e. The van der Waals surface area contributed by atoms with Crippen molar-refractivity contribution >= 4 is 5.91 Å². The van der Waals surface area contributed by atoms with Crippen LogP contribution < -0.4 is 10.6 Å². The summed E-state index contributed by atoms with van der Waals surface area (Å²) in [7, 11) is 1.66. The molecule has 2 atom stereocenters. The van der Waals surface area contributed by atoms with Crippen molar-refractivity contribution in [1.82, 2.24) is 15.5 Å². The Morgan fingerprint density at radius 3 is 3.12 bits per heavy atom. The summed E-state index contributed by atoms with van der Waals surface area (Å²) in [5.74, 6) is -0.00981. The molecule has 2 unspecified atom stereocenters. The Morgan fingerprint density at radius 1 is 1.65 bits per heavy atom. The summed E-state index contributed by atoms with van der Waals surface area (Å²) < 4.78 is 5.49. The van der Waals surface area contributed by atoms with E-state index in [1.807, 2.05) is 0 Å². The smallest absolute Gasteiger partial charge is 0.250 e. The van der Waals surface area contributed by atoms with Gasteiger partial charge in [0.15, 0.2) is 0 Å². The summed E-state index contributed by atoms with van der Waals surface area (Å²) in [6, 6.07) is 0. The number of morpholine rings is 1. The zero-order chi connectivity index (χ0) is 12.3. The highest BCUT2D eigenvalue weighted by atomic mass is 16.5. The van der Waals surface area contributed by atoms with Crippen molar-refractivity contribution in [2.24, 2.45) is 5.41 Å². The van der Waals surface area contributed by atoms with Crippen molar-refractivity contribution in [3.63, 3.8) is 0 Å². The van der Waals surface area contributed by atoms with E-state index < -0.39 is 0 Å². The number of carbonyl (C=O) groups excluding carboxylic acids is 1. The first kappa shape index (κ1) is 12.8. The predicted octanol–water partition coefficient (Wildman–Crippen LogP) is -0.567. The number of hydrogen-bond acceptors (Lipinski definition) is 4. The van der Waals surface area contributed by atoms with Crippen LogP contribution in [0.3, 0.4) is 0 Å². The molecule has 2 aliphatic heterocycles. The van der Waals surface area contributed by atoms with Gasteiger partial charge in [-0.1, -0.05) is 6.92 Å². The Morgan fingerprint density at radius 2 is 2.47 bits per heavy atom. The normalized spacial score (nSPS) is 34.8. The molecule has 0 spiro atoms. The second-order valence-corrected chi connectivity index (χ2v) is 5.45. The molecule has 98 valence electrons. The molecule has 0 aliphatic carbocycles. The van der Waals surface area contributed by atoms with Crippen molar-refractivity contribution in [3.8, 4) is 0 Å². The standard InChI is InChI=1S/C12H23N3O2/c1-12(3-4-14-8-12)9-15-5-6-17-10(7-15)11(16)13-2/h10,14H,3-9H2,1-2H3,(H,13,16). The molecule has 0 aromatic rings. The number of hydrogen-bond donors (Lipinski definition) is 2. The third-order valence-corrected chi connectivity index (χ3v) is 3.75. The van der Waals surface area contributed by atoms with Gasteiger partial charge in [0, 0.05) is 33.2 Å². The molecule has 0 bridgehead atoms. The van der Waals surface area contributed by atoms with Crippen LogP contribution in [-0.4, -0.2) is 63.3 Å². The van der Waals surface area contributed by atoms with E-state index in [0.717, 1.165) is 32.7 Å². The van der Waals surface area contributed by atoms with Gasteiger partial charge in [0.05, 0.1) is 6.61 Å². The SMILES string of the molecule is CNC(=O)C1CN(CC2(C)CCNC2)CCO1. The molecule has 0 radical (unpaired) electrons. The molecular weight excluding hydrogens is 218 g/mol. The van der Waals surface area contributed by atoms with Gasteiger partial charge in [-0.15, -0.1) is 0 Å². The Labute approximate surface area is 103 Å². The van der Waals surface area contributed by atoms with Gasteiger partial charge in [-0.2, -0.15) is 0 Å². The number of ether oxygens (including phenoxy) is 1. The maximum absolute atomic E-state index is 11.6. The maximum atomic E-state index is 11.6. The topological polar surface area (TPSA) is 53.6 Å². The van der Waals surface area contributed by atoms with Gasteiger partial charge in [-0.25, -0.2) is 0 Å². The first-order chi connectivity index (χ1) is 8.13. The lowest BCUT2D eigenvalue weighted by atomic mass is 9.89. The highest BCUT2D eigenvalue weighted by molar-refractivity contribution is 5.80. The average Bonchev–Trinajstić information content (AvgIpc) is 2.75. The lowest BCUT2D eigenvalue weighted by molar-refractivity contribution is -0.138. The van der Waals surface area contributed by atoms with Gasteiger partial charge in [0.2, 0.25) is 5.91 Å². The van der Waals surface area contributed by atoms with E-state index in [0.29, 0.717) is 12.0 Å². The lowest BCUT2D eigenvalue weighted by Gasteiger charge is -2.37. The first-order valence-corrected chi connectivity index (χ1v) is 6.39. The van der Waals surface area contributed by atoms with Gasteiger partial charge in [-0.3, -0.25) is 9.69 Å². The van der Waals surface area contributed by atoms with E-state index >= 15 is 0 Å². The Balaban J connectivity index is 1.86. The van der Waals surface area contributed by atoms with Crippen molar-refractivity contribution < 1.29 is 9.53 Å². The quantitative estimate of drug-likeness (QED) is 0.695. The molecule has 0 saturated carbocycles. The van der Waals surface area contributed by atoms with Crippen LogP contribution in [0.5, 0.6) is 0 Å². The fraction of sp³-hybridized carbons (Fsp3) is 0.917. The van der Waals surface area contributed by atoms with E-state index in [4.69, 9.17) is 4.74 Å². The second kappa shape index (κ2) is 5.33. The minimum atomic E-state index is -0.299. The van der Waals surface area contributed by atoms with Gasteiger partial charge in [-0.05, 0) is 18.4 Å². The molecule has 0 aromatic carbocycles. The van der Waals surface area contributed by atoms with Gasteiger partial charge < -0.3 is 15.4 Å². The van der Waals surface area contributed by atoms with E-state index in [2.05, 4.69) is 22.5 Å². The minimum Gasteiger partial charge on any atom is -0.366 e. The first-order valence-electron chi connectivity index (χ1n) is 6.39. The van der Waals surface area contributed by atoms with Gasteiger partial charge in [0.25, 0.3) is 0 Å². The van der Waals surface area contributed by atoms with Crippen LogP contribution in [0.1, 0.15) is 13.3 Å². The minimum absolute atomic E-state index is 0.00981. The van der Waals surface area contributed by atoms with E-state index in [9.17, 15) is 4.79 Å². The molecule has 17 heavy (non-hydrogen) atoms. The molecule has 5 heteroatoms. The monoisotopic (exact) mass is 241 g/mol. The number of carbonyl (C=O) groups is 1. The average molecular weight is 241 g/mol. The Hall–Kier alpha value is -0.650. The highest BCUT2D eigenvalue weighted by Gasteiger charge is 2.33. The lowest BCUT2D eigenvalue weighted by Crippen LogP contribution is -2.51. The van der Waals surface area contributed by atoms with E-state index in [1.165, 1.54) is 6.42 Å². The zero-order valence-corrected chi connectivity index (χ0v) is 10.8. The molecule has 2 saturated heterocycles. The molecule has 2 heterocycles. The van der Waals surface area contributed by atoms with Crippen LogP contribution in [0.25, 0.3) is 0 Å². The van der Waals surface area contributed by atoms with Crippen LogP contribution in [0.2, 0.25) is 0 Å². The summed E-state index contributed by atoms with van der Waals surface area (Å²) in [4.78, 5) is 13.9. The number of nitrogens with zero attached hydrogens (tertiary/aromatic N) is 1. The zero-order valence-electron chi connectivity index (χ0n) is 10.8. The molecular formula is C12H23N3O2. The fourth-order valence-electron chi connectivity index (χ4n) is 2.71. The molecule has 0 aromatic heterocycles. The van der Waals surface area contributed by atoms with E-state index in [1.54, 1.807) is 7.05 Å². The summed E-state index contributed by atoms with van der Waals surface area (Å²) >= 11 is 0. The molecule has 2 aliphatic rings. The van der Waals surface area contributed by atoms with Crippen LogP contribution >= 0.6 is 0 Å². The van der Waals surface area contributed by atoms with Crippen LogP contribution in [0.4, 0.5) is 0 Å². The van der Waals surface area contributed by atoms with Crippen molar-refractivity contribution in [2.75, 3.05) is 46.4 Å². The van der Waals surface area contributed by atoms with Crippen molar-refractivity contribution in [3.05, 3.63) is 0 Å². The van der Waals surface area contributed by atoms with Crippen LogP contribution in [-0.2, 0) is 9.53 Å². The predicted molar refractivity (Wildman–Crippen MR) is 65.8 cm³/mol. The summed E-state index contributed by atoms with van der Waals surface area (Å²) in [6.45, 7) is 7.86. The third kappa shape index (κ3) is 3.18. The summed E-state index contributed by atoms with van der Waals surface area (Å²) in [5.41, 5.74) is 0.352. The number of nitrogens with one attached hydrogen (secondary N) is 2. The van der Waals surface area contributed by atoms with Crippen molar-refractivity contribution in [1.29, 1.82) is 0 Å². The van der Waals surface area contributed by atoms with Gasteiger partial charge in [0.1, 0.15) is 6.10 Å². The number of rotatable bonds is 3. The number of likely N-dealkylation sites (N-methyl/N-ethyl adjacent to an activating group) is 1. The Kier molecular flexibility index (Phi) is 4.01. The molecule has 2 fully saturated rings. The van der Waals surface area contributed by atoms with E-state index in [-0.39, 0.29) is 12.0 Å². The van der Waals surface area contributed by atoms with Gasteiger partial charge >= 0.3 is 0 Å². The number of amides is 1. The molecule has 1 amide bonds. The molecule has 5 nitrogen and oxygen atoms in total. The van der Waals surface area contributed by atoms with Crippen molar-refractivity contribution in [2.45, 2.75) is 19.4 Å². The summed E-state index contributed by atoms with van der Waals surface area (Å²) in [6.07, 6.45) is 0.918. The maximum Gasteiger partial charge on any atom is 0.250 e. The highest BCUT2D eigenvalue weighted by Crippen LogP contribution is 2.26. The molecule has 2 N–H and O–H groups in total.